The molecule has 1 N–H and O–H groups in total. The summed E-state index contributed by atoms with van der Waals surface area (Å²) in [5.41, 5.74) is 1.65. The maximum Gasteiger partial charge on any atom is 0.0690 e. The van der Waals surface area contributed by atoms with Gasteiger partial charge in [0.15, 0.2) is 0 Å². The van der Waals surface area contributed by atoms with Crippen molar-refractivity contribution in [1.82, 2.24) is 9.78 Å². The van der Waals surface area contributed by atoms with Crippen LogP contribution < -0.4 is 0 Å². The van der Waals surface area contributed by atoms with Gasteiger partial charge < -0.3 is 9.84 Å². The van der Waals surface area contributed by atoms with E-state index in [1.807, 2.05) is 31.8 Å². The first-order valence-electron chi connectivity index (χ1n) is 6.28. The van der Waals surface area contributed by atoms with E-state index in [0.717, 1.165) is 31.7 Å². The van der Waals surface area contributed by atoms with Gasteiger partial charge >= 0.3 is 0 Å². The van der Waals surface area contributed by atoms with E-state index in [-0.39, 0.29) is 0 Å². The maximum atomic E-state index is 9.94. The molecule has 0 atom stereocenters. The molecular weight excluding hydrogens is 216 g/mol. The summed E-state index contributed by atoms with van der Waals surface area (Å²) in [7, 11) is 1.94. The van der Waals surface area contributed by atoms with Crippen molar-refractivity contribution in [1.29, 1.82) is 0 Å². The number of ether oxygens (including phenoxy) is 1. The van der Waals surface area contributed by atoms with E-state index in [1.54, 1.807) is 0 Å². The van der Waals surface area contributed by atoms with Crippen molar-refractivity contribution in [3.63, 3.8) is 0 Å². The van der Waals surface area contributed by atoms with Gasteiger partial charge in [-0.15, -0.1) is 0 Å². The standard InChI is InChI=1S/C13H22N2O2/c1-13(2,16)8-11-9-15(3)14-12(11)10-4-6-17-7-5-10/h9-10,16H,4-8H2,1-3H3. The van der Waals surface area contributed by atoms with Gasteiger partial charge in [0.05, 0.1) is 11.3 Å². The fourth-order valence-electron chi connectivity index (χ4n) is 2.47. The lowest BCUT2D eigenvalue weighted by atomic mass is 9.90. The van der Waals surface area contributed by atoms with E-state index < -0.39 is 5.60 Å². The number of nitrogens with zero attached hydrogens (tertiary/aromatic N) is 2. The van der Waals surface area contributed by atoms with Gasteiger partial charge in [-0.2, -0.15) is 5.10 Å². The predicted octanol–water partition coefficient (Wildman–Crippen LogP) is 1.63. The Bertz CT molecular complexity index is 373. The highest BCUT2D eigenvalue weighted by Crippen LogP contribution is 2.29. The molecule has 0 bridgehead atoms. The lowest BCUT2D eigenvalue weighted by molar-refractivity contribution is 0.0774. The Morgan fingerprint density at radius 3 is 2.71 bits per heavy atom. The van der Waals surface area contributed by atoms with Crippen LogP contribution in [0.15, 0.2) is 6.20 Å². The van der Waals surface area contributed by atoms with Crippen LogP contribution in [0, 0.1) is 0 Å². The first-order chi connectivity index (χ1) is 7.96. The van der Waals surface area contributed by atoms with Crippen molar-refractivity contribution in [2.24, 2.45) is 7.05 Å². The summed E-state index contributed by atoms with van der Waals surface area (Å²) in [4.78, 5) is 0. The monoisotopic (exact) mass is 238 g/mol. The van der Waals surface area contributed by atoms with Crippen LogP contribution in [-0.4, -0.2) is 33.7 Å². The van der Waals surface area contributed by atoms with Crippen LogP contribution in [-0.2, 0) is 18.2 Å². The second-order valence-electron chi connectivity index (χ2n) is 5.59. The summed E-state index contributed by atoms with van der Waals surface area (Å²) in [6, 6.07) is 0. The second kappa shape index (κ2) is 4.78. The molecule has 0 spiro atoms. The van der Waals surface area contributed by atoms with E-state index in [9.17, 15) is 5.11 Å². The summed E-state index contributed by atoms with van der Waals surface area (Å²) < 4.78 is 7.24. The van der Waals surface area contributed by atoms with Crippen molar-refractivity contribution in [3.05, 3.63) is 17.5 Å². The minimum Gasteiger partial charge on any atom is -0.390 e. The number of hydrogen-bond donors (Lipinski definition) is 1. The smallest absolute Gasteiger partial charge is 0.0690 e. The van der Waals surface area contributed by atoms with E-state index in [4.69, 9.17) is 4.74 Å². The molecule has 96 valence electrons. The van der Waals surface area contributed by atoms with Gasteiger partial charge in [0.25, 0.3) is 0 Å². The molecule has 1 saturated heterocycles. The molecule has 1 aromatic heterocycles. The summed E-state index contributed by atoms with van der Waals surface area (Å²) in [5.74, 6) is 0.488. The Balaban J connectivity index is 2.20. The van der Waals surface area contributed by atoms with Gasteiger partial charge in [-0.25, -0.2) is 0 Å². The molecular formula is C13H22N2O2. The molecule has 0 amide bonds. The van der Waals surface area contributed by atoms with Gasteiger partial charge in [-0.05, 0) is 32.3 Å². The summed E-state index contributed by atoms with van der Waals surface area (Å²) in [5, 5.41) is 14.5. The minimum atomic E-state index is -0.678. The van der Waals surface area contributed by atoms with Crippen molar-refractivity contribution < 1.29 is 9.84 Å². The average molecular weight is 238 g/mol. The number of aromatic nitrogens is 2. The lowest BCUT2D eigenvalue weighted by Crippen LogP contribution is -2.23. The van der Waals surface area contributed by atoms with Crippen molar-refractivity contribution in [2.45, 2.75) is 44.6 Å². The van der Waals surface area contributed by atoms with Crippen LogP contribution in [0.3, 0.4) is 0 Å². The van der Waals surface area contributed by atoms with Crippen LogP contribution in [0.4, 0.5) is 0 Å². The molecule has 1 aliphatic rings. The third-order valence-corrected chi connectivity index (χ3v) is 3.17. The fourth-order valence-corrected chi connectivity index (χ4v) is 2.47. The third-order valence-electron chi connectivity index (χ3n) is 3.17. The molecule has 1 fully saturated rings. The van der Waals surface area contributed by atoms with Gasteiger partial charge in [0.2, 0.25) is 0 Å². The number of rotatable bonds is 3. The summed E-state index contributed by atoms with van der Waals surface area (Å²) in [6.45, 7) is 5.33. The average Bonchev–Trinajstić information content (AvgIpc) is 2.58. The molecule has 4 heteroatoms. The molecule has 0 aliphatic carbocycles. The first-order valence-corrected chi connectivity index (χ1v) is 6.28. The quantitative estimate of drug-likeness (QED) is 0.870. The SMILES string of the molecule is Cn1cc(CC(C)(C)O)c(C2CCOCC2)n1. The number of hydrogen-bond acceptors (Lipinski definition) is 3. The number of aryl methyl sites for hydroxylation is 1. The molecule has 2 rings (SSSR count). The Kier molecular flexibility index (Phi) is 3.54. The van der Waals surface area contributed by atoms with E-state index in [2.05, 4.69) is 5.10 Å². The van der Waals surface area contributed by atoms with Crippen LogP contribution in [0.25, 0.3) is 0 Å². The van der Waals surface area contributed by atoms with Crippen molar-refractivity contribution >= 4 is 0 Å². The van der Waals surface area contributed by atoms with Crippen LogP contribution in [0.5, 0.6) is 0 Å². The molecule has 1 aromatic rings. The Morgan fingerprint density at radius 1 is 1.47 bits per heavy atom. The zero-order valence-corrected chi connectivity index (χ0v) is 10.9. The third kappa shape index (κ3) is 3.30. The second-order valence-corrected chi connectivity index (χ2v) is 5.59. The van der Waals surface area contributed by atoms with E-state index in [0.29, 0.717) is 12.3 Å². The summed E-state index contributed by atoms with van der Waals surface area (Å²) >= 11 is 0. The summed E-state index contributed by atoms with van der Waals surface area (Å²) in [6.07, 6.45) is 4.77. The van der Waals surface area contributed by atoms with Crippen LogP contribution in [0.2, 0.25) is 0 Å². The molecule has 0 saturated carbocycles. The normalized spacial score (nSPS) is 18.6. The molecule has 0 unspecified atom stereocenters. The molecule has 4 nitrogen and oxygen atoms in total. The highest BCUT2D eigenvalue weighted by molar-refractivity contribution is 5.23. The molecule has 1 aliphatic heterocycles. The van der Waals surface area contributed by atoms with E-state index >= 15 is 0 Å². The van der Waals surface area contributed by atoms with Gasteiger partial charge in [0.1, 0.15) is 0 Å². The van der Waals surface area contributed by atoms with Gasteiger partial charge in [0, 0.05) is 38.8 Å². The topological polar surface area (TPSA) is 47.3 Å². The largest absolute Gasteiger partial charge is 0.390 e. The zero-order valence-electron chi connectivity index (χ0n) is 10.9. The number of aliphatic hydroxyl groups is 1. The highest BCUT2D eigenvalue weighted by atomic mass is 16.5. The molecule has 17 heavy (non-hydrogen) atoms. The van der Waals surface area contributed by atoms with Crippen molar-refractivity contribution in [2.75, 3.05) is 13.2 Å². The molecule has 0 radical (unpaired) electrons. The lowest BCUT2D eigenvalue weighted by Gasteiger charge is -2.23. The van der Waals surface area contributed by atoms with E-state index in [1.165, 1.54) is 5.56 Å². The Labute approximate surface area is 103 Å². The minimum absolute atomic E-state index is 0.488. The van der Waals surface area contributed by atoms with Crippen LogP contribution >= 0.6 is 0 Å². The van der Waals surface area contributed by atoms with Gasteiger partial charge in [-0.1, -0.05) is 0 Å². The van der Waals surface area contributed by atoms with Gasteiger partial charge in [-0.3, -0.25) is 4.68 Å². The Hall–Kier alpha value is -0.870. The maximum absolute atomic E-state index is 9.94. The highest BCUT2D eigenvalue weighted by Gasteiger charge is 2.25. The molecule has 0 aromatic carbocycles. The fraction of sp³-hybridized carbons (Fsp3) is 0.769. The predicted molar refractivity (Wildman–Crippen MR) is 66.0 cm³/mol. The zero-order chi connectivity index (χ0) is 12.5. The molecule has 2 heterocycles. The Morgan fingerprint density at radius 2 is 2.12 bits per heavy atom. The van der Waals surface area contributed by atoms with Crippen molar-refractivity contribution in [3.8, 4) is 0 Å². The first kappa shape index (κ1) is 12.6. The van der Waals surface area contributed by atoms with Crippen LogP contribution in [0.1, 0.15) is 43.9 Å².